The third-order valence-corrected chi connectivity index (χ3v) is 3.33. The van der Waals surface area contributed by atoms with Crippen LogP contribution in [0.3, 0.4) is 0 Å². The van der Waals surface area contributed by atoms with E-state index in [9.17, 15) is 4.79 Å². The first-order valence-electron chi connectivity index (χ1n) is 6.84. The number of methoxy groups -OCH3 is 1. The SMILES string of the molecule is CCC(C(=O)OC(C)C)C(C)c1ccccc1OC. The van der Waals surface area contributed by atoms with Crippen molar-refractivity contribution in [3.05, 3.63) is 29.8 Å². The van der Waals surface area contributed by atoms with Crippen molar-refractivity contribution in [2.75, 3.05) is 7.11 Å². The van der Waals surface area contributed by atoms with Crippen molar-refractivity contribution in [3.8, 4) is 5.75 Å². The highest BCUT2D eigenvalue weighted by molar-refractivity contribution is 5.74. The van der Waals surface area contributed by atoms with Crippen LogP contribution in [-0.2, 0) is 9.53 Å². The quantitative estimate of drug-likeness (QED) is 0.734. The maximum absolute atomic E-state index is 12.1. The molecule has 0 aliphatic rings. The van der Waals surface area contributed by atoms with Gasteiger partial charge in [-0.25, -0.2) is 0 Å². The maximum Gasteiger partial charge on any atom is 0.309 e. The van der Waals surface area contributed by atoms with Gasteiger partial charge in [-0.2, -0.15) is 0 Å². The van der Waals surface area contributed by atoms with Gasteiger partial charge in [0.25, 0.3) is 0 Å². The van der Waals surface area contributed by atoms with Crippen LogP contribution in [0.2, 0.25) is 0 Å². The summed E-state index contributed by atoms with van der Waals surface area (Å²) in [6.07, 6.45) is 0.677. The molecule has 0 saturated carbocycles. The smallest absolute Gasteiger partial charge is 0.309 e. The van der Waals surface area contributed by atoms with Gasteiger partial charge in [-0.05, 0) is 37.8 Å². The van der Waals surface area contributed by atoms with Crippen LogP contribution in [0.4, 0.5) is 0 Å². The third-order valence-electron chi connectivity index (χ3n) is 3.33. The molecule has 0 bridgehead atoms. The fourth-order valence-electron chi connectivity index (χ4n) is 2.30. The molecular weight excluding hydrogens is 240 g/mol. The third kappa shape index (κ3) is 3.98. The zero-order chi connectivity index (χ0) is 14.4. The van der Waals surface area contributed by atoms with E-state index in [0.717, 1.165) is 17.7 Å². The van der Waals surface area contributed by atoms with Crippen LogP contribution in [0, 0.1) is 5.92 Å². The summed E-state index contributed by atoms with van der Waals surface area (Å²) in [6.45, 7) is 7.81. The van der Waals surface area contributed by atoms with Crippen molar-refractivity contribution in [3.63, 3.8) is 0 Å². The second-order valence-corrected chi connectivity index (χ2v) is 5.03. The fourth-order valence-corrected chi connectivity index (χ4v) is 2.30. The number of benzene rings is 1. The molecular formula is C16H24O3. The summed E-state index contributed by atoms with van der Waals surface area (Å²) in [4.78, 5) is 12.1. The van der Waals surface area contributed by atoms with Gasteiger partial charge in [0, 0.05) is 0 Å². The Morgan fingerprint density at radius 3 is 2.37 bits per heavy atom. The molecule has 2 unspecified atom stereocenters. The van der Waals surface area contributed by atoms with Gasteiger partial charge in [-0.15, -0.1) is 0 Å². The molecule has 0 N–H and O–H groups in total. The highest BCUT2D eigenvalue weighted by Crippen LogP contribution is 2.33. The lowest BCUT2D eigenvalue weighted by Gasteiger charge is -2.24. The molecule has 0 aliphatic carbocycles. The molecule has 0 fully saturated rings. The number of carbonyl (C=O) groups is 1. The van der Waals surface area contributed by atoms with Crippen LogP contribution in [-0.4, -0.2) is 19.2 Å². The Balaban J connectivity index is 2.95. The molecule has 1 aromatic carbocycles. The number of hydrogen-bond donors (Lipinski definition) is 0. The van der Waals surface area contributed by atoms with Gasteiger partial charge >= 0.3 is 5.97 Å². The molecule has 0 heterocycles. The van der Waals surface area contributed by atoms with Crippen molar-refractivity contribution in [2.45, 2.75) is 46.1 Å². The van der Waals surface area contributed by atoms with Crippen molar-refractivity contribution >= 4 is 5.97 Å². The Hall–Kier alpha value is -1.51. The highest BCUT2D eigenvalue weighted by atomic mass is 16.5. The van der Waals surface area contributed by atoms with Gasteiger partial charge in [0.2, 0.25) is 0 Å². The van der Waals surface area contributed by atoms with Crippen LogP contribution in [0.15, 0.2) is 24.3 Å². The Morgan fingerprint density at radius 2 is 1.84 bits per heavy atom. The van der Waals surface area contributed by atoms with Crippen LogP contribution in [0.25, 0.3) is 0 Å². The summed E-state index contributed by atoms with van der Waals surface area (Å²) in [5, 5.41) is 0. The monoisotopic (exact) mass is 264 g/mol. The predicted molar refractivity (Wildman–Crippen MR) is 76.4 cm³/mol. The van der Waals surface area contributed by atoms with E-state index < -0.39 is 0 Å². The molecule has 0 saturated heterocycles. The molecule has 0 spiro atoms. The topological polar surface area (TPSA) is 35.5 Å². The number of para-hydroxylation sites is 1. The normalized spacial score (nSPS) is 14.0. The van der Waals surface area contributed by atoms with Crippen LogP contribution >= 0.6 is 0 Å². The van der Waals surface area contributed by atoms with E-state index in [-0.39, 0.29) is 23.9 Å². The molecule has 2 atom stereocenters. The number of carbonyl (C=O) groups excluding carboxylic acids is 1. The fraction of sp³-hybridized carbons (Fsp3) is 0.562. The van der Waals surface area contributed by atoms with Crippen molar-refractivity contribution in [1.82, 2.24) is 0 Å². The van der Waals surface area contributed by atoms with Gasteiger partial charge in [-0.3, -0.25) is 4.79 Å². The van der Waals surface area contributed by atoms with Gasteiger partial charge in [0.1, 0.15) is 5.75 Å². The summed E-state index contributed by atoms with van der Waals surface area (Å²) in [7, 11) is 1.65. The van der Waals surface area contributed by atoms with E-state index in [4.69, 9.17) is 9.47 Å². The van der Waals surface area contributed by atoms with E-state index >= 15 is 0 Å². The first kappa shape index (κ1) is 15.5. The molecule has 3 heteroatoms. The summed E-state index contributed by atoms with van der Waals surface area (Å²) in [5.41, 5.74) is 1.05. The van der Waals surface area contributed by atoms with E-state index in [1.807, 2.05) is 52.0 Å². The largest absolute Gasteiger partial charge is 0.496 e. The minimum Gasteiger partial charge on any atom is -0.496 e. The predicted octanol–water partition coefficient (Wildman–Crippen LogP) is 3.78. The molecule has 3 nitrogen and oxygen atoms in total. The van der Waals surface area contributed by atoms with Crippen molar-refractivity contribution in [1.29, 1.82) is 0 Å². The molecule has 0 aliphatic heterocycles. The van der Waals surface area contributed by atoms with Gasteiger partial charge in [-0.1, -0.05) is 32.0 Å². The zero-order valence-electron chi connectivity index (χ0n) is 12.5. The van der Waals surface area contributed by atoms with Gasteiger partial charge < -0.3 is 9.47 Å². The van der Waals surface area contributed by atoms with E-state index in [0.29, 0.717) is 0 Å². The first-order valence-corrected chi connectivity index (χ1v) is 6.84. The number of esters is 1. The molecule has 19 heavy (non-hydrogen) atoms. The number of rotatable bonds is 6. The molecule has 0 amide bonds. The van der Waals surface area contributed by atoms with E-state index in [1.165, 1.54) is 0 Å². The second-order valence-electron chi connectivity index (χ2n) is 5.03. The highest BCUT2D eigenvalue weighted by Gasteiger charge is 2.28. The Morgan fingerprint density at radius 1 is 1.21 bits per heavy atom. The van der Waals surface area contributed by atoms with E-state index in [2.05, 4.69) is 0 Å². The summed E-state index contributed by atoms with van der Waals surface area (Å²) in [5.74, 6) is 0.632. The number of hydrogen-bond acceptors (Lipinski definition) is 3. The standard InChI is InChI=1S/C16H24O3/c1-6-13(16(17)19-11(2)3)12(4)14-9-7-8-10-15(14)18-5/h7-13H,6H2,1-5H3. The molecule has 1 rings (SSSR count). The lowest BCUT2D eigenvalue weighted by molar-refractivity contribution is -0.153. The van der Waals surface area contributed by atoms with Crippen LogP contribution in [0.1, 0.15) is 45.6 Å². The summed E-state index contributed by atoms with van der Waals surface area (Å²) < 4.78 is 10.7. The van der Waals surface area contributed by atoms with Crippen LogP contribution < -0.4 is 4.74 Å². The van der Waals surface area contributed by atoms with Crippen molar-refractivity contribution in [2.24, 2.45) is 5.92 Å². The first-order chi connectivity index (χ1) is 9.01. The second kappa shape index (κ2) is 7.17. The zero-order valence-corrected chi connectivity index (χ0v) is 12.5. The Kier molecular flexibility index (Phi) is 5.87. The van der Waals surface area contributed by atoms with Gasteiger partial charge in [0.15, 0.2) is 0 Å². The van der Waals surface area contributed by atoms with E-state index in [1.54, 1.807) is 7.11 Å². The summed E-state index contributed by atoms with van der Waals surface area (Å²) in [6, 6.07) is 7.83. The van der Waals surface area contributed by atoms with Gasteiger partial charge in [0.05, 0.1) is 19.1 Å². The average molecular weight is 264 g/mol. The molecule has 0 aromatic heterocycles. The lowest BCUT2D eigenvalue weighted by Crippen LogP contribution is -2.25. The minimum absolute atomic E-state index is 0.0763. The average Bonchev–Trinajstić information content (AvgIpc) is 2.38. The van der Waals surface area contributed by atoms with Crippen LogP contribution in [0.5, 0.6) is 5.75 Å². The molecule has 0 radical (unpaired) electrons. The lowest BCUT2D eigenvalue weighted by atomic mass is 9.85. The minimum atomic E-state index is -0.140. The molecule has 1 aromatic rings. The van der Waals surface area contributed by atoms with Crippen molar-refractivity contribution < 1.29 is 14.3 Å². The summed E-state index contributed by atoms with van der Waals surface area (Å²) >= 11 is 0. The number of ether oxygens (including phenoxy) is 2. The maximum atomic E-state index is 12.1. The molecule has 106 valence electrons. The Labute approximate surface area is 115 Å². The Bertz CT molecular complexity index is 412.